The Hall–Kier alpha value is -0.0800. The molecule has 0 aromatic rings. The van der Waals surface area contributed by atoms with Crippen LogP contribution in [0, 0.1) is 0 Å². The van der Waals surface area contributed by atoms with Crippen molar-refractivity contribution < 1.29 is 0 Å². The van der Waals surface area contributed by atoms with E-state index in [0.29, 0.717) is 0 Å². The smallest absolute Gasteiger partial charge is 0.00922 e. The van der Waals surface area contributed by atoms with Gasteiger partial charge in [-0.2, -0.15) is 0 Å². The Balaban J connectivity index is 2.01. The van der Waals surface area contributed by atoms with Crippen LogP contribution in [0.15, 0.2) is 0 Å². The zero-order chi connectivity index (χ0) is 12.3. The molecule has 0 radical (unpaired) electrons. The topological polar surface area (TPSA) is 15.3 Å². The van der Waals surface area contributed by atoms with Crippen LogP contribution in [-0.4, -0.2) is 37.6 Å². The SMILES string of the molecule is CCNCCCCCN(C)C1CCCCCC1. The van der Waals surface area contributed by atoms with E-state index in [2.05, 4.69) is 24.2 Å². The largest absolute Gasteiger partial charge is 0.317 e. The van der Waals surface area contributed by atoms with Crippen molar-refractivity contribution in [2.75, 3.05) is 26.7 Å². The third-order valence-corrected chi connectivity index (χ3v) is 4.06. The zero-order valence-corrected chi connectivity index (χ0v) is 12.0. The second kappa shape index (κ2) is 9.90. The molecule has 0 aliphatic heterocycles. The van der Waals surface area contributed by atoms with E-state index in [0.717, 1.165) is 12.6 Å². The van der Waals surface area contributed by atoms with Crippen molar-refractivity contribution in [2.24, 2.45) is 0 Å². The van der Waals surface area contributed by atoms with E-state index in [1.165, 1.54) is 70.9 Å². The highest BCUT2D eigenvalue weighted by Crippen LogP contribution is 2.21. The van der Waals surface area contributed by atoms with Gasteiger partial charge in [-0.1, -0.05) is 39.0 Å². The number of nitrogens with one attached hydrogen (secondary N) is 1. The van der Waals surface area contributed by atoms with Crippen molar-refractivity contribution in [1.29, 1.82) is 0 Å². The average molecular weight is 240 g/mol. The first kappa shape index (κ1) is 15.0. The summed E-state index contributed by atoms with van der Waals surface area (Å²) in [6.45, 7) is 5.79. The number of hydrogen-bond donors (Lipinski definition) is 1. The summed E-state index contributed by atoms with van der Waals surface area (Å²) in [6.07, 6.45) is 12.8. The molecule has 0 aromatic carbocycles. The molecule has 1 aliphatic carbocycles. The quantitative estimate of drug-likeness (QED) is 0.516. The van der Waals surface area contributed by atoms with Crippen molar-refractivity contribution in [2.45, 2.75) is 70.8 Å². The molecule has 0 unspecified atom stereocenters. The first-order valence-corrected chi connectivity index (χ1v) is 7.75. The second-order valence-corrected chi connectivity index (χ2v) is 5.54. The molecular weight excluding hydrogens is 208 g/mol. The minimum Gasteiger partial charge on any atom is -0.317 e. The van der Waals surface area contributed by atoms with E-state index < -0.39 is 0 Å². The molecule has 2 nitrogen and oxygen atoms in total. The lowest BCUT2D eigenvalue weighted by molar-refractivity contribution is 0.216. The highest BCUT2D eigenvalue weighted by molar-refractivity contribution is 4.72. The molecule has 17 heavy (non-hydrogen) atoms. The van der Waals surface area contributed by atoms with Crippen molar-refractivity contribution in [3.05, 3.63) is 0 Å². The van der Waals surface area contributed by atoms with E-state index in [1.807, 2.05) is 0 Å². The molecule has 2 heteroatoms. The summed E-state index contributed by atoms with van der Waals surface area (Å²) in [7, 11) is 2.33. The Bertz CT molecular complexity index is 162. The van der Waals surface area contributed by atoms with Crippen molar-refractivity contribution >= 4 is 0 Å². The Kier molecular flexibility index (Phi) is 8.72. The summed E-state index contributed by atoms with van der Waals surface area (Å²) >= 11 is 0. The Morgan fingerprint density at radius 2 is 1.71 bits per heavy atom. The molecule has 0 saturated heterocycles. The predicted octanol–water partition coefficient (Wildman–Crippen LogP) is 3.42. The first-order valence-electron chi connectivity index (χ1n) is 7.75. The molecule has 1 aliphatic rings. The number of hydrogen-bond acceptors (Lipinski definition) is 2. The van der Waals surface area contributed by atoms with Crippen LogP contribution in [0.4, 0.5) is 0 Å². The van der Waals surface area contributed by atoms with Crippen LogP contribution in [0.3, 0.4) is 0 Å². The monoisotopic (exact) mass is 240 g/mol. The standard InChI is InChI=1S/C15H32N2/c1-3-16-13-9-6-10-14-17(2)15-11-7-4-5-8-12-15/h15-16H,3-14H2,1-2H3. The van der Waals surface area contributed by atoms with Crippen LogP contribution in [-0.2, 0) is 0 Å². The van der Waals surface area contributed by atoms with Crippen LogP contribution in [0.2, 0.25) is 0 Å². The molecule has 1 fully saturated rings. The maximum Gasteiger partial charge on any atom is 0.00922 e. The summed E-state index contributed by atoms with van der Waals surface area (Å²) in [5, 5.41) is 3.39. The Morgan fingerprint density at radius 1 is 1.00 bits per heavy atom. The van der Waals surface area contributed by atoms with Gasteiger partial charge in [0.1, 0.15) is 0 Å². The third kappa shape index (κ3) is 7.05. The number of unbranched alkanes of at least 4 members (excludes halogenated alkanes) is 2. The third-order valence-electron chi connectivity index (χ3n) is 4.06. The maximum atomic E-state index is 3.39. The number of nitrogens with zero attached hydrogens (tertiary/aromatic N) is 1. The Morgan fingerprint density at radius 3 is 2.35 bits per heavy atom. The van der Waals surface area contributed by atoms with Gasteiger partial charge in [-0.25, -0.2) is 0 Å². The maximum absolute atomic E-state index is 3.39. The molecule has 1 saturated carbocycles. The molecule has 1 rings (SSSR count). The molecule has 102 valence electrons. The summed E-state index contributed by atoms with van der Waals surface area (Å²) in [5.41, 5.74) is 0. The van der Waals surface area contributed by atoms with Gasteiger partial charge in [0.2, 0.25) is 0 Å². The van der Waals surface area contributed by atoms with Crippen LogP contribution in [0.1, 0.15) is 64.7 Å². The van der Waals surface area contributed by atoms with Crippen LogP contribution >= 0.6 is 0 Å². The lowest BCUT2D eigenvalue weighted by Gasteiger charge is -2.27. The molecular formula is C15H32N2. The van der Waals surface area contributed by atoms with E-state index in [-0.39, 0.29) is 0 Å². The van der Waals surface area contributed by atoms with E-state index in [9.17, 15) is 0 Å². The van der Waals surface area contributed by atoms with E-state index >= 15 is 0 Å². The molecule has 0 bridgehead atoms. The van der Waals surface area contributed by atoms with Gasteiger partial charge in [0, 0.05) is 6.04 Å². The molecule has 0 aromatic heterocycles. The fourth-order valence-electron chi connectivity index (χ4n) is 2.85. The van der Waals surface area contributed by atoms with Crippen LogP contribution in [0.25, 0.3) is 0 Å². The summed E-state index contributed by atoms with van der Waals surface area (Å²) in [4.78, 5) is 2.62. The molecule has 0 atom stereocenters. The van der Waals surface area contributed by atoms with Crippen molar-refractivity contribution in [3.63, 3.8) is 0 Å². The lowest BCUT2D eigenvalue weighted by Crippen LogP contribution is -2.32. The van der Waals surface area contributed by atoms with Gasteiger partial charge in [0.25, 0.3) is 0 Å². The minimum absolute atomic E-state index is 0.881. The first-order chi connectivity index (χ1) is 8.34. The highest BCUT2D eigenvalue weighted by atomic mass is 15.1. The van der Waals surface area contributed by atoms with E-state index in [4.69, 9.17) is 0 Å². The minimum atomic E-state index is 0.881. The molecule has 1 N–H and O–H groups in total. The van der Waals surface area contributed by atoms with Crippen molar-refractivity contribution in [3.8, 4) is 0 Å². The van der Waals surface area contributed by atoms with Gasteiger partial charge in [-0.3, -0.25) is 0 Å². The predicted molar refractivity (Wildman–Crippen MR) is 76.5 cm³/mol. The van der Waals surface area contributed by atoms with Gasteiger partial charge in [0.15, 0.2) is 0 Å². The fraction of sp³-hybridized carbons (Fsp3) is 1.00. The van der Waals surface area contributed by atoms with Crippen LogP contribution in [0.5, 0.6) is 0 Å². The van der Waals surface area contributed by atoms with Gasteiger partial charge < -0.3 is 10.2 Å². The molecule has 0 spiro atoms. The summed E-state index contributed by atoms with van der Waals surface area (Å²) in [6, 6.07) is 0.881. The van der Waals surface area contributed by atoms with E-state index in [1.54, 1.807) is 0 Å². The Labute approximate surface area is 108 Å². The van der Waals surface area contributed by atoms with Crippen LogP contribution < -0.4 is 5.32 Å². The molecule has 0 heterocycles. The average Bonchev–Trinajstić information content (AvgIpc) is 2.62. The normalized spacial score (nSPS) is 18.5. The van der Waals surface area contributed by atoms with Crippen molar-refractivity contribution in [1.82, 2.24) is 10.2 Å². The number of rotatable bonds is 8. The summed E-state index contributed by atoms with van der Waals surface area (Å²) in [5.74, 6) is 0. The fourth-order valence-corrected chi connectivity index (χ4v) is 2.85. The zero-order valence-electron chi connectivity index (χ0n) is 12.0. The highest BCUT2D eigenvalue weighted by Gasteiger charge is 2.15. The van der Waals surface area contributed by atoms with Gasteiger partial charge in [-0.15, -0.1) is 0 Å². The summed E-state index contributed by atoms with van der Waals surface area (Å²) < 4.78 is 0. The lowest BCUT2D eigenvalue weighted by atomic mass is 10.1. The van der Waals surface area contributed by atoms with Gasteiger partial charge in [-0.05, 0) is 52.4 Å². The second-order valence-electron chi connectivity index (χ2n) is 5.54. The van der Waals surface area contributed by atoms with Gasteiger partial charge in [0.05, 0.1) is 0 Å². The molecule has 0 amide bonds. The van der Waals surface area contributed by atoms with Gasteiger partial charge >= 0.3 is 0 Å².